The van der Waals surface area contributed by atoms with Gasteiger partial charge in [0.15, 0.2) is 0 Å². The second-order valence-corrected chi connectivity index (χ2v) is 7.92. The Morgan fingerprint density at radius 2 is 2.07 bits per heavy atom. The van der Waals surface area contributed by atoms with Crippen molar-refractivity contribution in [2.24, 2.45) is 5.92 Å². The van der Waals surface area contributed by atoms with Crippen LogP contribution >= 0.6 is 15.9 Å². The lowest BCUT2D eigenvalue weighted by molar-refractivity contribution is -0.122. The molecule has 0 saturated carbocycles. The highest BCUT2D eigenvalue weighted by atomic mass is 79.9. The summed E-state index contributed by atoms with van der Waals surface area (Å²) in [6.07, 6.45) is 0.168. The summed E-state index contributed by atoms with van der Waals surface area (Å²) >= 11 is 3.46. The average Bonchev–Trinajstić information content (AvgIpc) is 3.30. The van der Waals surface area contributed by atoms with Crippen molar-refractivity contribution in [2.75, 3.05) is 16.8 Å². The molecule has 1 fully saturated rings. The van der Waals surface area contributed by atoms with Crippen LogP contribution in [0.3, 0.4) is 0 Å². The topological polar surface area (TPSA) is 88.3 Å². The Morgan fingerprint density at radius 1 is 1.24 bits per heavy atom. The van der Waals surface area contributed by atoms with E-state index in [1.807, 2.05) is 49.4 Å². The van der Waals surface area contributed by atoms with E-state index in [4.69, 9.17) is 4.52 Å². The summed E-state index contributed by atoms with van der Waals surface area (Å²) in [6, 6.07) is 13.1. The first kappa shape index (κ1) is 19.3. The molecule has 1 aliphatic rings. The molecular weight excluding hydrogens is 436 g/mol. The Balaban J connectivity index is 1.50. The number of hydrogen-bond acceptors (Lipinski definition) is 5. The lowest BCUT2D eigenvalue weighted by Gasteiger charge is -2.17. The molecule has 2 heterocycles. The highest BCUT2D eigenvalue weighted by Crippen LogP contribution is 2.30. The zero-order valence-corrected chi connectivity index (χ0v) is 17.6. The lowest BCUT2D eigenvalue weighted by Crippen LogP contribution is -2.28. The van der Waals surface area contributed by atoms with Gasteiger partial charge in [-0.25, -0.2) is 0 Å². The molecule has 4 rings (SSSR count). The molecule has 2 amide bonds. The molecule has 0 aliphatic carbocycles. The molecule has 29 heavy (non-hydrogen) atoms. The first-order valence-corrected chi connectivity index (χ1v) is 9.98. The summed E-state index contributed by atoms with van der Waals surface area (Å²) < 4.78 is 5.84. The minimum absolute atomic E-state index is 0.0884. The van der Waals surface area contributed by atoms with Gasteiger partial charge in [-0.2, -0.15) is 4.98 Å². The zero-order chi connectivity index (χ0) is 20.5. The Bertz CT molecular complexity index is 1100. The van der Waals surface area contributed by atoms with Crippen molar-refractivity contribution in [3.05, 3.63) is 58.4 Å². The van der Waals surface area contributed by atoms with Crippen molar-refractivity contribution in [3.63, 3.8) is 0 Å². The largest absolute Gasteiger partial charge is 0.339 e. The third-order valence-electron chi connectivity index (χ3n) is 4.82. The average molecular weight is 455 g/mol. The normalized spacial score (nSPS) is 16.3. The Kier molecular flexibility index (Phi) is 5.19. The lowest BCUT2D eigenvalue weighted by atomic mass is 10.1. The maximum absolute atomic E-state index is 12.7. The number of nitrogens with one attached hydrogen (secondary N) is 1. The number of aromatic nitrogens is 2. The third kappa shape index (κ3) is 4.07. The SMILES string of the molecule is Cc1ccc(NC(=O)C2CC(=O)N(c3cccc(-c4noc(C)n4)c3)C2)c(Br)c1. The number of anilines is 2. The third-order valence-corrected chi connectivity index (χ3v) is 5.48. The van der Waals surface area contributed by atoms with E-state index in [-0.39, 0.29) is 18.2 Å². The van der Waals surface area contributed by atoms with E-state index in [1.54, 1.807) is 11.8 Å². The standard InChI is InChI=1S/C21H19BrN4O3/c1-12-6-7-18(17(22)8-12)24-21(28)15-10-19(27)26(11-15)16-5-3-4-14(9-16)20-23-13(2)29-25-20/h3-9,15H,10-11H2,1-2H3,(H,24,28). The van der Waals surface area contributed by atoms with Gasteiger partial charge in [0.2, 0.25) is 23.5 Å². The quantitative estimate of drug-likeness (QED) is 0.640. The van der Waals surface area contributed by atoms with E-state index in [0.717, 1.165) is 15.6 Å². The van der Waals surface area contributed by atoms with E-state index in [0.29, 0.717) is 29.6 Å². The van der Waals surface area contributed by atoms with Crippen molar-refractivity contribution < 1.29 is 14.1 Å². The van der Waals surface area contributed by atoms with Crippen LogP contribution in [0.1, 0.15) is 17.9 Å². The molecule has 1 aromatic heterocycles. The van der Waals surface area contributed by atoms with Crippen LogP contribution in [-0.2, 0) is 9.59 Å². The summed E-state index contributed by atoms with van der Waals surface area (Å²) in [5.41, 5.74) is 3.25. The maximum atomic E-state index is 12.7. The zero-order valence-electron chi connectivity index (χ0n) is 16.0. The minimum Gasteiger partial charge on any atom is -0.339 e. The molecule has 1 N–H and O–H groups in total. The van der Waals surface area contributed by atoms with Gasteiger partial charge in [-0.15, -0.1) is 0 Å². The number of halogens is 1. The fourth-order valence-corrected chi connectivity index (χ4v) is 3.91. The number of rotatable bonds is 4. The highest BCUT2D eigenvalue weighted by molar-refractivity contribution is 9.10. The first-order chi connectivity index (χ1) is 13.9. The van der Waals surface area contributed by atoms with Crippen molar-refractivity contribution in [3.8, 4) is 11.4 Å². The van der Waals surface area contributed by atoms with Crippen LogP contribution in [0.2, 0.25) is 0 Å². The fraction of sp³-hybridized carbons (Fsp3) is 0.238. The van der Waals surface area contributed by atoms with E-state index < -0.39 is 5.92 Å². The van der Waals surface area contributed by atoms with E-state index >= 15 is 0 Å². The molecule has 148 valence electrons. The van der Waals surface area contributed by atoms with Crippen LogP contribution in [-0.4, -0.2) is 28.5 Å². The van der Waals surface area contributed by atoms with Gasteiger partial charge in [-0.3, -0.25) is 9.59 Å². The van der Waals surface area contributed by atoms with Crippen molar-refractivity contribution in [1.82, 2.24) is 10.1 Å². The van der Waals surface area contributed by atoms with Crippen LogP contribution in [0.25, 0.3) is 11.4 Å². The number of aryl methyl sites for hydroxylation is 2. The number of amides is 2. The van der Waals surface area contributed by atoms with Gasteiger partial charge >= 0.3 is 0 Å². The number of hydrogen-bond donors (Lipinski definition) is 1. The predicted molar refractivity (Wildman–Crippen MR) is 112 cm³/mol. The van der Waals surface area contributed by atoms with Gasteiger partial charge in [-0.05, 0) is 52.7 Å². The molecule has 1 atom stereocenters. The molecule has 1 unspecified atom stereocenters. The molecular formula is C21H19BrN4O3. The van der Waals surface area contributed by atoms with Crippen LogP contribution < -0.4 is 10.2 Å². The second-order valence-electron chi connectivity index (χ2n) is 7.07. The van der Waals surface area contributed by atoms with Gasteiger partial charge in [0, 0.05) is 35.6 Å². The summed E-state index contributed by atoms with van der Waals surface area (Å²) in [5.74, 6) is 0.257. The van der Waals surface area contributed by atoms with Gasteiger partial charge < -0.3 is 14.7 Å². The van der Waals surface area contributed by atoms with E-state index in [1.165, 1.54) is 0 Å². The van der Waals surface area contributed by atoms with Gasteiger partial charge in [0.25, 0.3) is 0 Å². The molecule has 2 aromatic carbocycles. The number of carbonyl (C=O) groups excluding carboxylic acids is 2. The molecule has 0 radical (unpaired) electrons. The Labute approximate surface area is 176 Å². The second kappa shape index (κ2) is 7.79. The Morgan fingerprint density at radius 3 is 2.79 bits per heavy atom. The first-order valence-electron chi connectivity index (χ1n) is 9.19. The number of carbonyl (C=O) groups is 2. The van der Waals surface area contributed by atoms with E-state index in [9.17, 15) is 9.59 Å². The molecule has 0 spiro atoms. The summed E-state index contributed by atoms with van der Waals surface area (Å²) in [6.45, 7) is 4.02. The Hall–Kier alpha value is -3.00. The monoisotopic (exact) mass is 454 g/mol. The van der Waals surface area contributed by atoms with Gasteiger partial charge in [-0.1, -0.05) is 23.4 Å². The molecule has 7 nitrogen and oxygen atoms in total. The number of benzene rings is 2. The summed E-state index contributed by atoms with van der Waals surface area (Å²) in [7, 11) is 0. The molecule has 1 aliphatic heterocycles. The van der Waals surface area contributed by atoms with Crippen LogP contribution in [0.5, 0.6) is 0 Å². The summed E-state index contributed by atoms with van der Waals surface area (Å²) in [4.78, 5) is 31.2. The predicted octanol–water partition coefficient (Wildman–Crippen LogP) is 4.11. The molecule has 1 saturated heterocycles. The maximum Gasteiger partial charge on any atom is 0.229 e. The minimum atomic E-state index is -0.424. The van der Waals surface area contributed by atoms with Gasteiger partial charge in [0.1, 0.15) is 0 Å². The smallest absolute Gasteiger partial charge is 0.229 e. The fourth-order valence-electron chi connectivity index (χ4n) is 3.32. The highest BCUT2D eigenvalue weighted by Gasteiger charge is 2.35. The van der Waals surface area contributed by atoms with Gasteiger partial charge in [0.05, 0.1) is 11.6 Å². The molecule has 3 aromatic rings. The molecule has 0 bridgehead atoms. The van der Waals surface area contributed by atoms with Crippen molar-refractivity contribution in [2.45, 2.75) is 20.3 Å². The van der Waals surface area contributed by atoms with Crippen LogP contribution in [0, 0.1) is 19.8 Å². The van der Waals surface area contributed by atoms with Crippen molar-refractivity contribution >= 4 is 39.1 Å². The summed E-state index contributed by atoms with van der Waals surface area (Å²) in [5, 5.41) is 6.83. The van der Waals surface area contributed by atoms with Crippen LogP contribution in [0.15, 0.2) is 51.5 Å². The number of nitrogens with zero attached hydrogens (tertiary/aromatic N) is 3. The van der Waals surface area contributed by atoms with Crippen molar-refractivity contribution in [1.29, 1.82) is 0 Å². The molecule has 8 heteroatoms. The van der Waals surface area contributed by atoms with Crippen LogP contribution in [0.4, 0.5) is 11.4 Å². The van der Waals surface area contributed by atoms with E-state index in [2.05, 4.69) is 31.4 Å².